The van der Waals surface area contributed by atoms with Crippen LogP contribution in [0.3, 0.4) is 0 Å². The van der Waals surface area contributed by atoms with Crippen LogP contribution in [0.15, 0.2) is 36.5 Å². The molecule has 3 unspecified atom stereocenters. The van der Waals surface area contributed by atoms with E-state index in [1.165, 1.54) is 6.07 Å². The Morgan fingerprint density at radius 1 is 1.15 bits per heavy atom. The number of piperazine rings is 1. The zero-order valence-electron chi connectivity index (χ0n) is 21.0. The summed E-state index contributed by atoms with van der Waals surface area (Å²) in [5, 5.41) is 10.2. The summed E-state index contributed by atoms with van der Waals surface area (Å²) in [4.78, 5) is 24.3. The predicted molar refractivity (Wildman–Crippen MR) is 134 cm³/mol. The fourth-order valence-corrected chi connectivity index (χ4v) is 5.20. The lowest BCUT2D eigenvalue weighted by atomic mass is 9.89. The topological polar surface area (TPSA) is 59.9 Å². The van der Waals surface area contributed by atoms with Crippen molar-refractivity contribution in [2.75, 3.05) is 36.5 Å². The minimum Gasteiger partial charge on any atom is -0.384 e. The zero-order valence-corrected chi connectivity index (χ0v) is 21.0. The molecule has 2 aromatic rings. The van der Waals surface area contributed by atoms with Crippen LogP contribution in [0.1, 0.15) is 51.8 Å². The molecule has 1 aromatic carbocycles. The first-order valence-corrected chi connectivity index (χ1v) is 12.3. The van der Waals surface area contributed by atoms with E-state index < -0.39 is 5.60 Å². The van der Waals surface area contributed by atoms with Gasteiger partial charge >= 0.3 is 0 Å². The summed E-state index contributed by atoms with van der Waals surface area (Å²) in [6.07, 6.45) is 3.85. The molecule has 1 amide bonds. The van der Waals surface area contributed by atoms with Crippen molar-refractivity contribution in [2.24, 2.45) is 5.92 Å². The van der Waals surface area contributed by atoms with Gasteiger partial charge in [0.25, 0.3) is 0 Å². The molecule has 2 fully saturated rings. The molecule has 3 heterocycles. The molecular weight excluding hydrogens is 431 g/mol. The zero-order chi connectivity index (χ0) is 24.6. The molecule has 0 aliphatic carbocycles. The van der Waals surface area contributed by atoms with E-state index in [0.29, 0.717) is 30.7 Å². The number of likely N-dealkylation sites (N-methyl/N-ethyl adjacent to an activating group) is 1. The van der Waals surface area contributed by atoms with Crippen molar-refractivity contribution in [2.45, 2.75) is 64.6 Å². The fraction of sp³-hybridized carbons (Fsp3) is 0.556. The van der Waals surface area contributed by atoms with Gasteiger partial charge in [0.2, 0.25) is 5.91 Å². The van der Waals surface area contributed by atoms with Crippen LogP contribution in [0.5, 0.6) is 0 Å². The van der Waals surface area contributed by atoms with Crippen molar-refractivity contribution in [3.8, 4) is 0 Å². The lowest BCUT2D eigenvalue weighted by Gasteiger charge is -2.44. The number of benzene rings is 1. The van der Waals surface area contributed by atoms with Gasteiger partial charge < -0.3 is 14.9 Å². The summed E-state index contributed by atoms with van der Waals surface area (Å²) < 4.78 is 14.3. The number of nitrogens with zero attached hydrogens (tertiary/aromatic N) is 4. The number of pyridine rings is 1. The summed E-state index contributed by atoms with van der Waals surface area (Å²) in [6, 6.07) is 9.42. The third-order valence-electron chi connectivity index (χ3n) is 7.44. The number of carbonyl (C=O) groups excluding carboxylic acids is 1. The van der Waals surface area contributed by atoms with Gasteiger partial charge in [0, 0.05) is 43.3 Å². The quantitative estimate of drug-likeness (QED) is 0.720. The van der Waals surface area contributed by atoms with Crippen LogP contribution in [-0.2, 0) is 16.8 Å². The molecule has 2 saturated heterocycles. The van der Waals surface area contributed by atoms with Crippen molar-refractivity contribution in [3.63, 3.8) is 0 Å². The Labute approximate surface area is 202 Å². The molecule has 34 heavy (non-hydrogen) atoms. The van der Waals surface area contributed by atoms with Crippen LogP contribution in [0, 0.1) is 11.7 Å². The number of rotatable bonds is 5. The Morgan fingerprint density at radius 3 is 2.47 bits per heavy atom. The van der Waals surface area contributed by atoms with Gasteiger partial charge in [0.15, 0.2) is 0 Å². The summed E-state index contributed by atoms with van der Waals surface area (Å²) in [7, 11) is 2.15. The van der Waals surface area contributed by atoms with E-state index in [9.17, 15) is 14.3 Å². The van der Waals surface area contributed by atoms with Crippen LogP contribution < -0.4 is 9.80 Å². The minimum atomic E-state index is -1.03. The summed E-state index contributed by atoms with van der Waals surface area (Å²) in [6.45, 7) is 10.2. The molecule has 7 heteroatoms. The molecule has 1 N–H and O–H groups in total. The monoisotopic (exact) mass is 468 g/mol. The normalized spacial score (nSPS) is 24.6. The minimum absolute atomic E-state index is 0.0550. The average Bonchev–Trinajstić information content (AvgIpc) is 2.78. The predicted octanol–water partition coefficient (Wildman–Crippen LogP) is 3.96. The molecule has 184 valence electrons. The number of aliphatic hydroxyl groups is 1. The van der Waals surface area contributed by atoms with E-state index in [1.54, 1.807) is 37.1 Å². The first kappa shape index (κ1) is 24.6. The molecule has 0 radical (unpaired) electrons. The van der Waals surface area contributed by atoms with Crippen molar-refractivity contribution in [3.05, 3.63) is 53.6 Å². The average molecular weight is 469 g/mol. The number of amides is 1. The second-order valence-electron chi connectivity index (χ2n) is 10.5. The van der Waals surface area contributed by atoms with Gasteiger partial charge in [-0.1, -0.05) is 0 Å². The first-order valence-electron chi connectivity index (χ1n) is 12.3. The highest BCUT2D eigenvalue weighted by atomic mass is 19.1. The lowest BCUT2D eigenvalue weighted by Crippen LogP contribution is -2.55. The molecule has 1 aromatic heterocycles. The van der Waals surface area contributed by atoms with Crippen LogP contribution in [0.2, 0.25) is 0 Å². The largest absolute Gasteiger partial charge is 0.384 e. The van der Waals surface area contributed by atoms with Gasteiger partial charge in [-0.25, -0.2) is 4.39 Å². The maximum Gasteiger partial charge on any atom is 0.230 e. The lowest BCUT2D eigenvalue weighted by molar-refractivity contribution is -0.123. The highest BCUT2D eigenvalue weighted by Gasteiger charge is 2.33. The van der Waals surface area contributed by atoms with Crippen molar-refractivity contribution in [1.82, 2.24) is 9.88 Å². The summed E-state index contributed by atoms with van der Waals surface area (Å²) in [5.74, 6) is -0.412. The van der Waals surface area contributed by atoms with Crippen LogP contribution >= 0.6 is 0 Å². The van der Waals surface area contributed by atoms with E-state index >= 15 is 0 Å². The third kappa shape index (κ3) is 5.10. The summed E-state index contributed by atoms with van der Waals surface area (Å²) >= 11 is 0. The molecule has 0 bridgehead atoms. The maximum absolute atomic E-state index is 14.3. The van der Waals surface area contributed by atoms with Gasteiger partial charge in [-0.05, 0) is 89.9 Å². The third-order valence-corrected chi connectivity index (χ3v) is 7.44. The van der Waals surface area contributed by atoms with Gasteiger partial charge in [-0.2, -0.15) is 0 Å². The standard InChI is InChI=1S/C27H37FN4O2/c1-18-16-31(17-19(2)30(18)5)24-10-8-22(28)14-21(24)13-20-7-6-12-32(26(20)33)23-9-11-25(29-15-23)27(3,4)34/h8-11,14-15,18-20,34H,6-7,12-13,16-17H2,1-5H3. The fourth-order valence-electron chi connectivity index (χ4n) is 5.20. The molecule has 4 rings (SSSR count). The Bertz CT molecular complexity index is 1010. The number of halogens is 1. The molecule has 2 aliphatic heterocycles. The Kier molecular flexibility index (Phi) is 6.97. The number of piperidine rings is 1. The van der Waals surface area contributed by atoms with Crippen molar-refractivity contribution < 1.29 is 14.3 Å². The van der Waals surface area contributed by atoms with Gasteiger partial charge in [0.05, 0.1) is 17.6 Å². The SMILES string of the molecule is CC1CN(c2ccc(F)cc2CC2CCCN(c3ccc(C(C)(C)O)nc3)C2=O)CC(C)N1C. The van der Waals surface area contributed by atoms with Crippen LogP contribution in [-0.4, -0.2) is 59.7 Å². The number of carbonyl (C=O) groups is 1. The maximum atomic E-state index is 14.3. The smallest absolute Gasteiger partial charge is 0.230 e. The van der Waals surface area contributed by atoms with Gasteiger partial charge in [-0.3, -0.25) is 14.7 Å². The first-order chi connectivity index (χ1) is 16.0. The molecule has 6 nitrogen and oxygen atoms in total. The second kappa shape index (κ2) is 9.62. The number of aromatic nitrogens is 1. The van der Waals surface area contributed by atoms with Gasteiger partial charge in [-0.15, -0.1) is 0 Å². The highest BCUT2D eigenvalue weighted by Crippen LogP contribution is 2.32. The molecule has 0 spiro atoms. The number of hydrogen-bond donors (Lipinski definition) is 1. The Balaban J connectivity index is 1.55. The Hall–Kier alpha value is -2.51. The van der Waals surface area contributed by atoms with Crippen LogP contribution in [0.4, 0.5) is 15.8 Å². The Morgan fingerprint density at radius 2 is 1.85 bits per heavy atom. The molecular formula is C27H37FN4O2. The summed E-state index contributed by atoms with van der Waals surface area (Å²) in [5.41, 5.74) is 2.22. The van der Waals surface area contributed by atoms with E-state index in [-0.39, 0.29) is 17.6 Å². The second-order valence-corrected chi connectivity index (χ2v) is 10.5. The van der Waals surface area contributed by atoms with Gasteiger partial charge in [0.1, 0.15) is 11.4 Å². The van der Waals surface area contributed by atoms with E-state index in [0.717, 1.165) is 42.9 Å². The molecule has 3 atom stereocenters. The van der Waals surface area contributed by atoms with Crippen molar-refractivity contribution >= 4 is 17.3 Å². The van der Waals surface area contributed by atoms with Crippen LogP contribution in [0.25, 0.3) is 0 Å². The van der Waals surface area contributed by atoms with E-state index in [4.69, 9.17) is 0 Å². The molecule has 0 saturated carbocycles. The van der Waals surface area contributed by atoms with E-state index in [1.807, 2.05) is 12.1 Å². The number of anilines is 2. The van der Waals surface area contributed by atoms with Crippen molar-refractivity contribution in [1.29, 1.82) is 0 Å². The molecule has 2 aliphatic rings. The number of hydrogen-bond acceptors (Lipinski definition) is 5. The van der Waals surface area contributed by atoms with E-state index in [2.05, 4.69) is 35.7 Å². The highest BCUT2D eigenvalue weighted by molar-refractivity contribution is 5.95.